The molecule has 2 aromatic carbocycles. The number of ether oxygens (including phenoxy) is 6. The Morgan fingerprint density at radius 3 is 2.21 bits per heavy atom. The molecule has 2 fully saturated rings. The fraction of sp³-hybridized carbons (Fsp3) is 0.549. The molecular formula is C51H65N7O19. The van der Waals surface area contributed by atoms with Gasteiger partial charge < -0.3 is 75.4 Å². The van der Waals surface area contributed by atoms with Gasteiger partial charge >= 0.3 is 0 Å². The Labute approximate surface area is 442 Å². The molecule has 3 heterocycles. The van der Waals surface area contributed by atoms with Gasteiger partial charge in [0, 0.05) is 108 Å². The van der Waals surface area contributed by atoms with Crippen LogP contribution >= 0.6 is 0 Å². The van der Waals surface area contributed by atoms with Crippen molar-refractivity contribution in [2.45, 2.75) is 101 Å². The van der Waals surface area contributed by atoms with E-state index in [-0.39, 0.29) is 66.5 Å². The topological polar surface area (TPSA) is 357 Å². The van der Waals surface area contributed by atoms with Crippen molar-refractivity contribution in [1.82, 2.24) is 36.4 Å². The largest absolute Gasteiger partial charge is 0.507 e. The highest BCUT2D eigenvalue weighted by molar-refractivity contribution is 6.31. The van der Waals surface area contributed by atoms with E-state index in [1.807, 2.05) is 0 Å². The van der Waals surface area contributed by atoms with Gasteiger partial charge in [-0.15, -0.1) is 0 Å². The van der Waals surface area contributed by atoms with Gasteiger partial charge in [-0.05, 0) is 18.9 Å². The molecule has 3 aliphatic heterocycles. The third-order valence-electron chi connectivity index (χ3n) is 14.2. The van der Waals surface area contributed by atoms with Crippen LogP contribution in [0.5, 0.6) is 17.2 Å². The van der Waals surface area contributed by atoms with E-state index in [0.717, 1.165) is 17.1 Å². The second kappa shape index (κ2) is 24.6. The van der Waals surface area contributed by atoms with Crippen LogP contribution in [0.1, 0.15) is 89.1 Å². The van der Waals surface area contributed by atoms with Crippen LogP contribution in [0, 0.1) is 5.92 Å². The maximum absolute atomic E-state index is 14.3. The molecule has 26 heteroatoms. The first-order chi connectivity index (χ1) is 36.7. The summed E-state index contributed by atoms with van der Waals surface area (Å²) in [6.07, 6.45) is -3.51. The molecule has 0 aromatic heterocycles. The molecule has 2 unspecified atom stereocenters. The number of fused-ring (bicyclic) bond motifs is 3. The molecule has 0 saturated carbocycles. The number of benzene rings is 2. The second-order valence-electron chi connectivity index (χ2n) is 19.5. The van der Waals surface area contributed by atoms with E-state index >= 15 is 0 Å². The van der Waals surface area contributed by atoms with Gasteiger partial charge in [-0.1, -0.05) is 26.0 Å². The van der Waals surface area contributed by atoms with Crippen molar-refractivity contribution in [1.29, 1.82) is 0 Å². The molecule has 2 saturated heterocycles. The van der Waals surface area contributed by atoms with Crippen LogP contribution in [0.2, 0.25) is 0 Å². The number of phenolic OH excluding ortho intramolecular Hbond substituents is 2. The maximum atomic E-state index is 14.3. The van der Waals surface area contributed by atoms with Gasteiger partial charge in [-0.3, -0.25) is 53.0 Å². The Morgan fingerprint density at radius 1 is 0.844 bits per heavy atom. The fourth-order valence-electron chi connectivity index (χ4n) is 10.3. The average molecular weight is 1080 g/mol. The van der Waals surface area contributed by atoms with Crippen molar-refractivity contribution in [3.63, 3.8) is 0 Å². The Kier molecular flexibility index (Phi) is 18.5. The number of phenols is 2. The summed E-state index contributed by atoms with van der Waals surface area (Å²) < 4.78 is 35.4. The molecule has 77 heavy (non-hydrogen) atoms. The number of aromatic hydroxyl groups is 2. The van der Waals surface area contributed by atoms with Crippen molar-refractivity contribution in [2.75, 3.05) is 73.8 Å². The average Bonchev–Trinajstić information content (AvgIpc) is 3.77. The number of hydrogen-bond donors (Lipinski definition) is 9. The van der Waals surface area contributed by atoms with Crippen LogP contribution < -0.4 is 31.3 Å². The number of carbonyl (C=O) groups is 9. The van der Waals surface area contributed by atoms with E-state index in [1.54, 1.807) is 27.9 Å². The molecule has 7 rings (SSSR count). The number of rotatable bonds is 21. The number of amides is 7. The highest BCUT2D eigenvalue weighted by atomic mass is 16.7. The number of morpholine rings is 1. The van der Waals surface area contributed by atoms with E-state index in [4.69, 9.17) is 28.4 Å². The summed E-state index contributed by atoms with van der Waals surface area (Å²) in [5.74, 6) is -9.02. The number of hydrogen-bond acceptors (Lipinski definition) is 20. The minimum atomic E-state index is -2.44. The molecule has 0 bridgehead atoms. The Hall–Kier alpha value is -6.91. The smallest absolute Gasteiger partial charge is 0.254 e. The SMILES string of the molecule is COc1cccc2c1C(=O)c1c(O)c3c(c(O)c1C2=O)C[C@@](O)(C(=O)NCCNC(=O)C(CO)NC(=O)C(NC(=O)CCNC(=O)CN1C(=O)C=CC1=O)C(C)C)C[C@@H]3O[C@@H]1C[C@H](N2CCO[C@H](OC)C2)[C@H](OC)[C@H](C)O1. The van der Waals surface area contributed by atoms with Gasteiger partial charge in [-0.2, -0.15) is 0 Å². The first-order valence-corrected chi connectivity index (χ1v) is 25.0. The van der Waals surface area contributed by atoms with Gasteiger partial charge in [0.25, 0.3) is 17.7 Å². The molecule has 2 aromatic rings. The van der Waals surface area contributed by atoms with Gasteiger partial charge in [0.1, 0.15) is 41.5 Å². The number of imide groups is 1. The zero-order valence-electron chi connectivity index (χ0n) is 43.4. The molecular weight excluding hydrogens is 1010 g/mol. The molecule has 0 radical (unpaired) electrons. The summed E-state index contributed by atoms with van der Waals surface area (Å²) in [6, 6.07) is 1.24. The normalized spacial score (nSPS) is 24.8. The number of ketones is 2. The van der Waals surface area contributed by atoms with Crippen molar-refractivity contribution < 1.29 is 92.0 Å². The summed E-state index contributed by atoms with van der Waals surface area (Å²) in [7, 11) is 4.38. The molecule has 9 N–H and O–H groups in total. The zero-order chi connectivity index (χ0) is 56.0. The Bertz CT molecular complexity index is 2680. The van der Waals surface area contributed by atoms with E-state index in [1.165, 1.54) is 32.4 Å². The summed E-state index contributed by atoms with van der Waals surface area (Å²) in [5, 5.41) is 59.0. The van der Waals surface area contributed by atoms with Crippen molar-refractivity contribution >= 4 is 52.9 Å². The van der Waals surface area contributed by atoms with Crippen LogP contribution in [-0.2, 0) is 63.7 Å². The fourth-order valence-corrected chi connectivity index (χ4v) is 10.3. The van der Waals surface area contributed by atoms with E-state index < -0.39 is 156 Å². The Balaban J connectivity index is 1.03. The lowest BCUT2D eigenvalue weighted by Crippen LogP contribution is -2.60. The van der Waals surface area contributed by atoms with E-state index in [2.05, 4.69) is 31.5 Å². The van der Waals surface area contributed by atoms with Crippen LogP contribution in [0.25, 0.3) is 0 Å². The van der Waals surface area contributed by atoms with Gasteiger partial charge in [0.05, 0.1) is 55.3 Å². The van der Waals surface area contributed by atoms with Gasteiger partial charge in [0.15, 0.2) is 18.4 Å². The lowest BCUT2D eigenvalue weighted by atomic mass is 9.72. The Morgan fingerprint density at radius 2 is 1.55 bits per heavy atom. The summed E-state index contributed by atoms with van der Waals surface area (Å²) >= 11 is 0. The third kappa shape index (κ3) is 12.3. The molecule has 0 spiro atoms. The molecule has 26 nitrogen and oxygen atoms in total. The zero-order valence-corrected chi connectivity index (χ0v) is 43.4. The lowest BCUT2D eigenvalue weighted by molar-refractivity contribution is -0.270. The number of aliphatic hydroxyl groups excluding tert-OH is 1. The third-order valence-corrected chi connectivity index (χ3v) is 14.2. The van der Waals surface area contributed by atoms with E-state index in [0.29, 0.717) is 19.7 Å². The van der Waals surface area contributed by atoms with Crippen molar-refractivity contribution in [3.05, 3.63) is 63.7 Å². The van der Waals surface area contributed by atoms with Crippen LogP contribution in [0.15, 0.2) is 30.4 Å². The second-order valence-corrected chi connectivity index (χ2v) is 19.5. The van der Waals surface area contributed by atoms with Crippen LogP contribution in [0.4, 0.5) is 0 Å². The van der Waals surface area contributed by atoms with E-state index in [9.17, 15) is 63.6 Å². The number of carbonyl (C=O) groups excluding carboxylic acids is 9. The van der Waals surface area contributed by atoms with Gasteiger partial charge in [0.2, 0.25) is 29.4 Å². The number of nitrogens with one attached hydrogen (secondary N) is 5. The molecule has 7 amide bonds. The van der Waals surface area contributed by atoms with Crippen LogP contribution in [0.3, 0.4) is 0 Å². The molecule has 9 atom stereocenters. The predicted octanol–water partition coefficient (Wildman–Crippen LogP) is -2.28. The van der Waals surface area contributed by atoms with Crippen molar-refractivity contribution in [3.8, 4) is 17.2 Å². The number of methoxy groups -OCH3 is 3. The molecule has 2 aliphatic carbocycles. The lowest BCUT2D eigenvalue weighted by Gasteiger charge is -2.48. The standard InChI is InChI=1S/C51H65N7O19/c1-24(2)42(56-32(60)12-13-52-33(61)21-58-34(62)10-11-35(58)63)49(69)55-28(23-59)48(68)53-14-15-54-50(70)51(71)19-27-39(46(67)41-40(44(27)65)43(64)26-8-7-9-30(72-4)38(26)45(41)66)31(20-51)77-36-18-29(47(74-6)25(3)76-36)57-16-17-75-37(22-57)73-5/h7-11,24-25,28-29,31,36-37,42,47,59,65,67,71H,12-23H2,1-6H3,(H,52,61)(H,53,68)(H,54,70)(H,55,69)(H,56,60)/t25-,28?,29-,31-,36+,37-,42?,47+,51-/m0/s1. The highest BCUT2D eigenvalue weighted by Gasteiger charge is 2.51. The predicted molar refractivity (Wildman–Crippen MR) is 264 cm³/mol. The monoisotopic (exact) mass is 1080 g/mol. The van der Waals surface area contributed by atoms with Crippen LogP contribution in [-0.4, -0.2) is 205 Å². The first kappa shape index (κ1) is 57.8. The minimum absolute atomic E-state index is 0.0465. The summed E-state index contributed by atoms with van der Waals surface area (Å²) in [4.78, 5) is 121. The number of aliphatic hydroxyl groups is 2. The summed E-state index contributed by atoms with van der Waals surface area (Å²) in [6.45, 7) is 3.99. The molecule has 418 valence electrons. The minimum Gasteiger partial charge on any atom is -0.507 e. The quantitative estimate of drug-likeness (QED) is 0.0308. The first-order valence-electron chi connectivity index (χ1n) is 25.0. The highest BCUT2D eigenvalue weighted by Crippen LogP contribution is 2.52. The maximum Gasteiger partial charge on any atom is 0.254 e. The van der Waals surface area contributed by atoms with Crippen molar-refractivity contribution in [2.24, 2.45) is 5.92 Å². The number of nitrogens with zero attached hydrogens (tertiary/aromatic N) is 2. The summed E-state index contributed by atoms with van der Waals surface area (Å²) in [5.41, 5.74) is -4.19. The molecule has 5 aliphatic rings. The van der Waals surface area contributed by atoms with Gasteiger partial charge in [-0.25, -0.2) is 0 Å².